The number of piperidine rings is 1. The van der Waals surface area contributed by atoms with Crippen LogP contribution >= 0.6 is 0 Å². The van der Waals surface area contributed by atoms with Crippen molar-refractivity contribution < 1.29 is 14.7 Å². The van der Waals surface area contributed by atoms with Crippen LogP contribution in [0.1, 0.15) is 18.5 Å². The molecule has 5 N–H and O–H groups in total. The number of hydrogen-bond acceptors (Lipinski definition) is 9. The molecule has 11 nitrogen and oxygen atoms in total. The van der Waals surface area contributed by atoms with E-state index in [2.05, 4.69) is 26.0 Å². The SMILES string of the molecule is O=NO.OCc1ccn(-c2ccc(Nc3cc4nc(NC5CCNCC5)ccc4cn3)c(F)c2)n1. The Bertz CT molecular complexity index is 1290. The normalized spacial score (nSPS) is 13.7. The van der Waals surface area contributed by atoms with Crippen molar-refractivity contribution in [1.82, 2.24) is 25.1 Å². The zero-order valence-electron chi connectivity index (χ0n) is 18.7. The Balaban J connectivity index is 0.000000917. The first-order valence-corrected chi connectivity index (χ1v) is 11.0. The Morgan fingerprint density at radius 3 is 2.66 bits per heavy atom. The van der Waals surface area contributed by atoms with Crippen LogP contribution in [-0.2, 0) is 6.61 Å². The number of nitrogens with one attached hydrogen (secondary N) is 3. The molecule has 0 aliphatic carbocycles. The van der Waals surface area contributed by atoms with Crippen molar-refractivity contribution in [3.8, 4) is 5.69 Å². The molecule has 4 aromatic rings. The maximum absolute atomic E-state index is 14.7. The highest BCUT2D eigenvalue weighted by Crippen LogP contribution is 2.24. The first-order chi connectivity index (χ1) is 17.1. The van der Waals surface area contributed by atoms with Gasteiger partial charge in [-0.2, -0.15) is 5.10 Å². The Kier molecular flexibility index (Phi) is 7.75. The molecule has 5 rings (SSSR count). The molecule has 0 amide bonds. The van der Waals surface area contributed by atoms with Gasteiger partial charge in [0.05, 0.1) is 29.2 Å². The molecule has 0 bridgehead atoms. The van der Waals surface area contributed by atoms with Crippen molar-refractivity contribution in [2.24, 2.45) is 5.34 Å². The van der Waals surface area contributed by atoms with E-state index in [0.29, 0.717) is 28.9 Å². The second kappa shape index (κ2) is 11.3. The van der Waals surface area contributed by atoms with E-state index in [0.717, 1.165) is 42.7 Å². The van der Waals surface area contributed by atoms with Gasteiger partial charge in [-0.3, -0.25) is 0 Å². The van der Waals surface area contributed by atoms with E-state index in [1.54, 1.807) is 30.6 Å². The van der Waals surface area contributed by atoms with Crippen LogP contribution in [-0.4, -0.2) is 49.2 Å². The van der Waals surface area contributed by atoms with Crippen LogP contribution in [0.15, 0.2) is 60.2 Å². The van der Waals surface area contributed by atoms with Crippen LogP contribution in [0.5, 0.6) is 0 Å². The zero-order chi connectivity index (χ0) is 24.6. The van der Waals surface area contributed by atoms with Crippen molar-refractivity contribution in [3.63, 3.8) is 0 Å². The van der Waals surface area contributed by atoms with Crippen molar-refractivity contribution >= 4 is 28.2 Å². The average Bonchev–Trinajstić information content (AvgIpc) is 3.36. The molecule has 182 valence electrons. The first kappa shape index (κ1) is 24.0. The minimum atomic E-state index is -0.431. The summed E-state index contributed by atoms with van der Waals surface area (Å²) < 4.78 is 16.3. The van der Waals surface area contributed by atoms with Crippen molar-refractivity contribution in [2.45, 2.75) is 25.5 Å². The largest absolute Gasteiger partial charge is 0.390 e. The first-order valence-electron chi connectivity index (χ1n) is 11.0. The average molecular weight is 481 g/mol. The molecule has 1 fully saturated rings. The summed E-state index contributed by atoms with van der Waals surface area (Å²) in [4.78, 5) is 17.2. The molecule has 0 spiro atoms. The molecule has 1 saturated heterocycles. The number of benzene rings is 1. The summed E-state index contributed by atoms with van der Waals surface area (Å²) in [6, 6.07) is 12.6. The number of hydrogen-bond donors (Lipinski definition) is 5. The van der Waals surface area contributed by atoms with Crippen LogP contribution in [0.3, 0.4) is 0 Å². The second-order valence-corrected chi connectivity index (χ2v) is 7.91. The number of aliphatic hydroxyl groups excluding tert-OH is 1. The number of rotatable bonds is 6. The summed E-state index contributed by atoms with van der Waals surface area (Å²) in [6.45, 7) is 1.86. The van der Waals surface area contributed by atoms with Crippen LogP contribution < -0.4 is 16.0 Å². The fourth-order valence-corrected chi connectivity index (χ4v) is 3.82. The quantitative estimate of drug-likeness (QED) is 0.206. The highest BCUT2D eigenvalue weighted by Gasteiger charge is 2.13. The lowest BCUT2D eigenvalue weighted by molar-refractivity contribution is 0.276. The molecule has 1 aliphatic rings. The van der Waals surface area contributed by atoms with Gasteiger partial charge >= 0.3 is 0 Å². The lowest BCUT2D eigenvalue weighted by atomic mass is 10.1. The maximum Gasteiger partial charge on any atom is 0.152 e. The third-order valence-electron chi connectivity index (χ3n) is 5.55. The van der Waals surface area contributed by atoms with Crippen LogP contribution in [0.2, 0.25) is 0 Å². The van der Waals surface area contributed by atoms with Crippen LogP contribution in [0.25, 0.3) is 16.6 Å². The van der Waals surface area contributed by atoms with E-state index in [1.807, 2.05) is 18.2 Å². The Labute approximate surface area is 200 Å². The minimum Gasteiger partial charge on any atom is -0.390 e. The summed E-state index contributed by atoms with van der Waals surface area (Å²) in [5.41, 5.74) is 2.18. The van der Waals surface area contributed by atoms with Gasteiger partial charge in [-0.05, 0) is 56.3 Å². The lowest BCUT2D eigenvalue weighted by Gasteiger charge is -2.24. The number of nitrogens with zero attached hydrogens (tertiary/aromatic N) is 5. The molecule has 1 aromatic carbocycles. The van der Waals surface area contributed by atoms with E-state index in [4.69, 9.17) is 20.2 Å². The monoisotopic (exact) mass is 480 g/mol. The molecule has 35 heavy (non-hydrogen) atoms. The van der Waals surface area contributed by atoms with Gasteiger partial charge in [-0.25, -0.2) is 19.0 Å². The Morgan fingerprint density at radius 1 is 1.14 bits per heavy atom. The number of aromatic nitrogens is 4. The lowest BCUT2D eigenvalue weighted by Crippen LogP contribution is -2.35. The molecular weight excluding hydrogens is 455 g/mol. The third-order valence-corrected chi connectivity index (χ3v) is 5.55. The molecule has 0 saturated carbocycles. The van der Waals surface area contributed by atoms with Gasteiger partial charge < -0.3 is 26.3 Å². The zero-order valence-corrected chi connectivity index (χ0v) is 18.7. The molecule has 4 heterocycles. The smallest absolute Gasteiger partial charge is 0.152 e. The maximum atomic E-state index is 14.7. The van der Waals surface area contributed by atoms with E-state index in [-0.39, 0.29) is 6.61 Å². The highest BCUT2D eigenvalue weighted by atomic mass is 19.1. The van der Waals surface area contributed by atoms with Gasteiger partial charge in [0, 0.05) is 36.0 Å². The fraction of sp³-hybridized carbons (Fsp3) is 0.261. The van der Waals surface area contributed by atoms with Gasteiger partial charge in [0.15, 0.2) is 5.34 Å². The molecule has 3 aromatic heterocycles. The summed E-state index contributed by atoms with van der Waals surface area (Å²) in [6.07, 6.45) is 5.54. The van der Waals surface area contributed by atoms with E-state index >= 15 is 0 Å². The molecule has 0 radical (unpaired) electrons. The van der Waals surface area contributed by atoms with Gasteiger partial charge in [0.25, 0.3) is 0 Å². The summed E-state index contributed by atoms with van der Waals surface area (Å²) in [5, 5.41) is 32.0. The summed E-state index contributed by atoms with van der Waals surface area (Å²) in [5.74, 6) is 0.913. The standard InChI is InChI=1S/C23H24FN7O.HNO2/c24-19-11-18(31-10-7-17(14-32)30-31)2-3-20(19)28-23-12-21-15(13-26-23)1-4-22(29-21)27-16-5-8-25-9-6-16;2-1-3/h1-4,7,10-13,16,25,32H,5-6,8-9,14H2,(H,26,28)(H,27,29);(H,2,3). The topological polar surface area (TPSA) is 150 Å². The number of fused-ring (bicyclic) bond motifs is 1. The number of anilines is 3. The molecular formula is C23H25FN8O3. The van der Waals surface area contributed by atoms with Crippen LogP contribution in [0.4, 0.5) is 21.7 Å². The van der Waals surface area contributed by atoms with Gasteiger partial charge in [0.1, 0.15) is 17.5 Å². The van der Waals surface area contributed by atoms with Gasteiger partial charge in [-0.1, -0.05) is 0 Å². The van der Waals surface area contributed by atoms with Gasteiger partial charge in [-0.15, -0.1) is 4.91 Å². The van der Waals surface area contributed by atoms with E-state index in [9.17, 15) is 4.39 Å². The van der Waals surface area contributed by atoms with E-state index in [1.165, 1.54) is 16.1 Å². The number of pyridine rings is 2. The number of halogens is 1. The predicted octanol–water partition coefficient (Wildman–Crippen LogP) is 3.50. The second-order valence-electron chi connectivity index (χ2n) is 7.91. The highest BCUT2D eigenvalue weighted by molar-refractivity contribution is 5.82. The van der Waals surface area contributed by atoms with Crippen molar-refractivity contribution in [1.29, 1.82) is 0 Å². The Hall–Kier alpha value is -4.16. The fourth-order valence-electron chi connectivity index (χ4n) is 3.82. The summed E-state index contributed by atoms with van der Waals surface area (Å²) in [7, 11) is 0. The molecule has 1 aliphatic heterocycles. The predicted molar refractivity (Wildman–Crippen MR) is 129 cm³/mol. The van der Waals surface area contributed by atoms with Crippen molar-refractivity contribution in [2.75, 3.05) is 23.7 Å². The van der Waals surface area contributed by atoms with E-state index < -0.39 is 5.82 Å². The van der Waals surface area contributed by atoms with Gasteiger partial charge in [0.2, 0.25) is 0 Å². The van der Waals surface area contributed by atoms with Crippen LogP contribution in [0, 0.1) is 10.7 Å². The number of aliphatic hydroxyl groups is 1. The minimum absolute atomic E-state index is 0.161. The molecule has 0 unspecified atom stereocenters. The molecule has 0 atom stereocenters. The summed E-state index contributed by atoms with van der Waals surface area (Å²) >= 11 is 0. The molecule has 12 heteroatoms. The Morgan fingerprint density at radius 2 is 1.94 bits per heavy atom. The van der Waals surface area contributed by atoms with Crippen molar-refractivity contribution in [3.05, 3.63) is 71.3 Å². The third kappa shape index (κ3) is 6.05.